The van der Waals surface area contributed by atoms with Crippen LogP contribution in [0.1, 0.15) is 50.3 Å². The van der Waals surface area contributed by atoms with E-state index in [1.165, 1.54) is 26.2 Å². The molecule has 8 rings (SSSR count). The molecule has 1 spiro atoms. The maximum Gasteiger partial charge on any atom is 0.433 e. The first kappa shape index (κ1) is 39.3. The van der Waals surface area contributed by atoms with Crippen molar-refractivity contribution < 1.29 is 35.9 Å². The molecule has 1 atom stereocenters. The number of fused-ring (bicyclic) bond motifs is 1. The maximum atomic E-state index is 14.4. The molecular weight excluding hydrogens is 834 g/mol. The van der Waals surface area contributed by atoms with E-state index in [1.54, 1.807) is 37.3 Å². The Morgan fingerprint density at radius 2 is 1.60 bits per heavy atom. The van der Waals surface area contributed by atoms with Crippen LogP contribution in [0.25, 0.3) is 17.1 Å². The summed E-state index contributed by atoms with van der Waals surface area (Å²) in [4.78, 5) is 56.2. The topological polar surface area (TPSA) is 109 Å². The van der Waals surface area contributed by atoms with Crippen LogP contribution in [0.3, 0.4) is 0 Å². The monoisotopic (exact) mass is 868 g/mol. The smallest absolute Gasteiger partial charge is 0.370 e. The summed E-state index contributed by atoms with van der Waals surface area (Å²) in [7, 11) is 2.08. The number of carbonyl (C=O) groups is 2. The number of carbonyl (C=O) groups excluding carboxylic acids is 2. The van der Waals surface area contributed by atoms with Gasteiger partial charge in [0.2, 0.25) is 0 Å². The van der Waals surface area contributed by atoms with Gasteiger partial charge in [-0.1, -0.05) is 40.2 Å². The number of amides is 2. The Morgan fingerprint density at radius 1 is 0.914 bits per heavy atom. The molecule has 2 saturated heterocycles. The number of nitrogens with zero attached hydrogens (tertiary/aromatic N) is 7. The van der Waals surface area contributed by atoms with Gasteiger partial charge in [0.15, 0.2) is 5.82 Å². The van der Waals surface area contributed by atoms with E-state index in [4.69, 9.17) is 0 Å². The van der Waals surface area contributed by atoms with Crippen molar-refractivity contribution in [1.29, 1.82) is 0 Å². The van der Waals surface area contributed by atoms with Crippen molar-refractivity contribution in [3.63, 3.8) is 0 Å². The molecule has 3 aliphatic rings. The van der Waals surface area contributed by atoms with Gasteiger partial charge >= 0.3 is 18.0 Å². The number of anilines is 1. The number of alkyl halides is 6. The fraction of sp³-hybridized carbons (Fsp3) is 0.325. The molecule has 302 valence electrons. The number of aromatic nitrogens is 4. The lowest BCUT2D eigenvalue weighted by Gasteiger charge is -2.60. The molecule has 0 radical (unpaired) electrons. The Balaban J connectivity index is 1.14. The summed E-state index contributed by atoms with van der Waals surface area (Å²) in [5, 5.41) is 2.80. The third-order valence-electron chi connectivity index (χ3n) is 10.9. The first-order valence-electron chi connectivity index (χ1n) is 18.3. The van der Waals surface area contributed by atoms with Crippen molar-refractivity contribution in [3.8, 4) is 17.1 Å². The first-order valence-corrected chi connectivity index (χ1v) is 19.0. The highest BCUT2D eigenvalue weighted by Crippen LogP contribution is 2.41. The van der Waals surface area contributed by atoms with Gasteiger partial charge in [-0.25, -0.2) is 14.8 Å². The van der Waals surface area contributed by atoms with Gasteiger partial charge in [-0.2, -0.15) is 26.3 Å². The number of nitrogens with one attached hydrogen (secondary N) is 1. The molecule has 1 N–H and O–H groups in total. The van der Waals surface area contributed by atoms with Gasteiger partial charge in [0.05, 0.1) is 23.5 Å². The molecule has 0 bridgehead atoms. The molecule has 2 fully saturated rings. The van der Waals surface area contributed by atoms with Gasteiger partial charge in [-0.15, -0.1) is 0 Å². The molecule has 3 aromatic carbocycles. The van der Waals surface area contributed by atoms with Crippen LogP contribution in [0.15, 0.2) is 88.3 Å². The highest BCUT2D eigenvalue weighted by atomic mass is 79.9. The zero-order valence-corrected chi connectivity index (χ0v) is 32.6. The Kier molecular flexibility index (Phi) is 9.77. The summed E-state index contributed by atoms with van der Waals surface area (Å²) in [6, 6.07) is 16.8. The average Bonchev–Trinajstić information content (AvgIpc) is 3.44. The van der Waals surface area contributed by atoms with Crippen LogP contribution in [-0.4, -0.2) is 80.0 Å². The average molecular weight is 870 g/mol. The highest BCUT2D eigenvalue weighted by Gasteiger charge is 2.50. The fourth-order valence-electron chi connectivity index (χ4n) is 8.26. The number of halogens is 7. The Morgan fingerprint density at radius 3 is 2.28 bits per heavy atom. The summed E-state index contributed by atoms with van der Waals surface area (Å²) in [6.07, 6.45) is -8.46. The molecule has 2 aromatic heterocycles. The normalized spacial score (nSPS) is 17.8. The predicted molar refractivity (Wildman–Crippen MR) is 204 cm³/mol. The molecule has 5 heterocycles. The van der Waals surface area contributed by atoms with Crippen LogP contribution >= 0.6 is 15.9 Å². The number of hydrogen-bond donors (Lipinski definition) is 1. The molecule has 0 unspecified atom stereocenters. The van der Waals surface area contributed by atoms with Crippen LogP contribution in [0, 0.1) is 5.41 Å². The summed E-state index contributed by atoms with van der Waals surface area (Å²) < 4.78 is 84.3. The number of imidazole rings is 1. The second-order valence-corrected chi connectivity index (χ2v) is 16.0. The molecule has 18 heteroatoms. The van der Waals surface area contributed by atoms with Crippen molar-refractivity contribution in [2.75, 3.05) is 38.1 Å². The SMILES string of the molecule is C[C@@H]1Cn2c(c(C(=O)NCc3ccccc3-c3nccc(C(F)(F)F)n3)n(-c3ccc(N4CC5(CN(C)C5)C4)cc3)c2=O)CN1C(=O)c1ccc(Br)c(C(F)(F)F)c1. The standard InChI is InChI=1S/C40H35BrF6N8O3/c1-23-17-54-31(18-53(23)36(57)24-7-12-30(41)29(15-24)39(42,43)44)33(55(37(54)58)27-10-8-26(9-11-27)52-21-38(22-52)19-51(2)20-38)35(56)49-16-25-5-3-4-6-28(25)34-48-14-13-32(50-34)40(45,46)47/h3-15,23H,16-22H2,1-2H3,(H,49,56)/t23-/m1/s1. The third-order valence-corrected chi connectivity index (χ3v) is 11.6. The van der Waals surface area contributed by atoms with E-state index in [0.29, 0.717) is 11.3 Å². The number of hydrogen-bond acceptors (Lipinski definition) is 7. The van der Waals surface area contributed by atoms with E-state index < -0.39 is 47.2 Å². The predicted octanol–water partition coefficient (Wildman–Crippen LogP) is 6.62. The van der Waals surface area contributed by atoms with Crippen molar-refractivity contribution in [2.24, 2.45) is 5.41 Å². The van der Waals surface area contributed by atoms with Gasteiger partial charge < -0.3 is 20.0 Å². The summed E-state index contributed by atoms with van der Waals surface area (Å²) >= 11 is 2.91. The molecule has 5 aromatic rings. The molecular formula is C40H35BrF6N8O3. The Hall–Kier alpha value is -5.49. The quantitative estimate of drug-likeness (QED) is 0.183. The van der Waals surface area contributed by atoms with Gasteiger partial charge in [0, 0.05) is 78.2 Å². The highest BCUT2D eigenvalue weighted by molar-refractivity contribution is 9.10. The minimum absolute atomic E-state index is 0.0616. The molecule has 0 saturated carbocycles. The van der Waals surface area contributed by atoms with Crippen molar-refractivity contribution in [2.45, 2.75) is 45.0 Å². The van der Waals surface area contributed by atoms with Crippen molar-refractivity contribution >= 4 is 33.4 Å². The number of rotatable bonds is 7. The first-order chi connectivity index (χ1) is 27.4. The maximum absolute atomic E-state index is 14.4. The second-order valence-electron chi connectivity index (χ2n) is 15.1. The zero-order chi connectivity index (χ0) is 41.3. The lowest BCUT2D eigenvalue weighted by Crippen LogP contribution is -2.71. The van der Waals surface area contributed by atoms with E-state index >= 15 is 0 Å². The van der Waals surface area contributed by atoms with E-state index in [9.17, 15) is 40.7 Å². The minimum atomic E-state index is -4.74. The Bertz CT molecular complexity index is 2490. The summed E-state index contributed by atoms with van der Waals surface area (Å²) in [5.41, 5.74) is -0.713. The van der Waals surface area contributed by atoms with Crippen molar-refractivity contribution in [1.82, 2.24) is 34.2 Å². The van der Waals surface area contributed by atoms with Crippen LogP contribution < -0.4 is 15.9 Å². The van der Waals surface area contributed by atoms with Gasteiger partial charge in [0.25, 0.3) is 11.8 Å². The molecule has 0 aliphatic carbocycles. The lowest BCUT2D eigenvalue weighted by atomic mass is 9.73. The van der Waals surface area contributed by atoms with E-state index in [2.05, 4.69) is 48.1 Å². The van der Waals surface area contributed by atoms with Crippen LogP contribution in [0.5, 0.6) is 0 Å². The fourth-order valence-corrected chi connectivity index (χ4v) is 8.73. The lowest BCUT2D eigenvalue weighted by molar-refractivity contribution is -0.141. The number of benzene rings is 3. The van der Waals surface area contributed by atoms with Gasteiger partial charge in [-0.05, 0) is 68.1 Å². The molecule has 2 amide bonds. The van der Waals surface area contributed by atoms with E-state index in [1.807, 2.05) is 12.1 Å². The third kappa shape index (κ3) is 7.16. The van der Waals surface area contributed by atoms with Gasteiger partial charge in [-0.3, -0.25) is 18.7 Å². The van der Waals surface area contributed by atoms with Crippen molar-refractivity contribution in [3.05, 3.63) is 128 Å². The second kappa shape index (κ2) is 14.4. The largest absolute Gasteiger partial charge is 0.433 e. The van der Waals surface area contributed by atoms with Gasteiger partial charge in [0.1, 0.15) is 11.4 Å². The van der Waals surface area contributed by atoms with E-state index in [-0.39, 0.29) is 57.9 Å². The zero-order valence-electron chi connectivity index (χ0n) is 31.0. The molecule has 11 nitrogen and oxygen atoms in total. The summed E-state index contributed by atoms with van der Waals surface area (Å²) in [5.74, 6) is -1.67. The van der Waals surface area contributed by atoms with E-state index in [0.717, 1.165) is 56.3 Å². The minimum Gasteiger partial charge on any atom is -0.370 e. The Labute approximate surface area is 336 Å². The van der Waals surface area contributed by atoms with Crippen LogP contribution in [-0.2, 0) is 32.0 Å². The number of likely N-dealkylation sites (tertiary alicyclic amines) is 1. The van der Waals surface area contributed by atoms with Crippen LogP contribution in [0.4, 0.5) is 32.0 Å². The molecule has 58 heavy (non-hydrogen) atoms. The summed E-state index contributed by atoms with van der Waals surface area (Å²) in [6.45, 7) is 4.92. The van der Waals surface area contributed by atoms with Crippen LogP contribution in [0.2, 0.25) is 0 Å². The molecule has 3 aliphatic heterocycles.